The Morgan fingerprint density at radius 3 is 2.74 bits per heavy atom. The Bertz CT molecular complexity index is 1300. The summed E-state index contributed by atoms with van der Waals surface area (Å²) in [4.78, 5) is 27.1. The number of hydrogen-bond acceptors (Lipinski definition) is 4. The van der Waals surface area contributed by atoms with E-state index in [2.05, 4.69) is 11.1 Å². The summed E-state index contributed by atoms with van der Waals surface area (Å²) in [5.74, 6) is -0.520. The number of thiophene rings is 1. The van der Waals surface area contributed by atoms with Crippen molar-refractivity contribution in [3.8, 4) is 22.9 Å². The van der Waals surface area contributed by atoms with Crippen LogP contribution in [0.25, 0.3) is 27.7 Å². The van der Waals surface area contributed by atoms with Gasteiger partial charge in [0.1, 0.15) is 11.6 Å². The topological polar surface area (TPSA) is 105 Å². The van der Waals surface area contributed by atoms with Gasteiger partial charge >= 0.3 is 0 Å². The maximum absolute atomic E-state index is 12.6. The summed E-state index contributed by atoms with van der Waals surface area (Å²) < 4.78 is 1.71. The third-order valence-electron chi connectivity index (χ3n) is 4.50. The number of hydrogen-bond donors (Lipinski definition) is 2. The van der Waals surface area contributed by atoms with Gasteiger partial charge in [-0.1, -0.05) is 24.3 Å². The molecule has 0 aliphatic carbocycles. The summed E-state index contributed by atoms with van der Waals surface area (Å²) in [6, 6.07) is 11.6. The average molecular weight is 374 g/mol. The molecule has 0 aliphatic rings. The Balaban J connectivity index is 2.12. The molecule has 4 rings (SSSR count). The molecular weight excluding hydrogens is 360 g/mol. The molecule has 0 fully saturated rings. The molecule has 0 aliphatic heterocycles. The van der Waals surface area contributed by atoms with Gasteiger partial charge in [-0.2, -0.15) is 5.26 Å². The molecule has 0 atom stereocenters. The third kappa shape index (κ3) is 2.63. The number of carbonyl (C=O) groups excluding carboxylic acids is 1. The summed E-state index contributed by atoms with van der Waals surface area (Å²) >= 11 is 1.21. The van der Waals surface area contributed by atoms with E-state index in [0.29, 0.717) is 27.0 Å². The van der Waals surface area contributed by atoms with Gasteiger partial charge in [0.05, 0.1) is 16.1 Å². The lowest BCUT2D eigenvalue weighted by Gasteiger charge is -2.04. The molecule has 1 amide bonds. The van der Waals surface area contributed by atoms with Crippen LogP contribution in [-0.2, 0) is 0 Å². The Kier molecular flexibility index (Phi) is 3.90. The van der Waals surface area contributed by atoms with Gasteiger partial charge < -0.3 is 15.3 Å². The van der Waals surface area contributed by atoms with Crippen LogP contribution < -0.4 is 11.3 Å². The highest BCUT2D eigenvalue weighted by Gasteiger charge is 2.20. The number of aryl methyl sites for hydroxylation is 1. The second-order valence-corrected chi connectivity index (χ2v) is 7.04. The van der Waals surface area contributed by atoms with Crippen molar-refractivity contribution >= 4 is 28.1 Å². The van der Waals surface area contributed by atoms with Gasteiger partial charge in [-0.15, -0.1) is 11.3 Å². The first-order chi connectivity index (χ1) is 13.0. The largest absolute Gasteiger partial charge is 0.365 e. The summed E-state index contributed by atoms with van der Waals surface area (Å²) in [7, 11) is 0. The van der Waals surface area contributed by atoms with E-state index in [9.17, 15) is 14.9 Å². The van der Waals surface area contributed by atoms with Crippen molar-refractivity contribution in [2.24, 2.45) is 5.73 Å². The second-order valence-electron chi connectivity index (χ2n) is 6.13. The van der Waals surface area contributed by atoms with Crippen LogP contribution in [0.4, 0.5) is 0 Å². The van der Waals surface area contributed by atoms with E-state index in [1.165, 1.54) is 17.5 Å². The fourth-order valence-electron chi connectivity index (χ4n) is 3.23. The fourth-order valence-corrected chi connectivity index (χ4v) is 3.97. The lowest BCUT2D eigenvalue weighted by atomic mass is 9.99. The Hall–Kier alpha value is -3.63. The molecule has 7 heteroatoms. The molecule has 27 heavy (non-hydrogen) atoms. The first-order valence-corrected chi connectivity index (χ1v) is 9.00. The smallest absolute Gasteiger partial charge is 0.272 e. The van der Waals surface area contributed by atoms with E-state index in [1.807, 2.05) is 37.4 Å². The van der Waals surface area contributed by atoms with Crippen molar-refractivity contribution in [1.29, 1.82) is 5.26 Å². The van der Waals surface area contributed by atoms with Crippen molar-refractivity contribution in [1.82, 2.24) is 9.55 Å². The molecule has 0 spiro atoms. The zero-order chi connectivity index (χ0) is 19.1. The van der Waals surface area contributed by atoms with Gasteiger partial charge in [-0.25, -0.2) is 0 Å². The number of nitrogens with two attached hydrogens (primary N) is 1. The first kappa shape index (κ1) is 16.8. The normalized spacial score (nSPS) is 10.8. The molecule has 3 N–H and O–H groups in total. The highest BCUT2D eigenvalue weighted by atomic mass is 32.1. The molecule has 0 radical (unpaired) electrons. The number of primary amides is 1. The summed E-state index contributed by atoms with van der Waals surface area (Å²) in [5, 5.41) is 11.9. The molecule has 0 bridgehead atoms. The first-order valence-electron chi connectivity index (χ1n) is 8.13. The van der Waals surface area contributed by atoms with Crippen molar-refractivity contribution in [2.75, 3.05) is 0 Å². The van der Waals surface area contributed by atoms with E-state index in [0.717, 1.165) is 16.7 Å². The van der Waals surface area contributed by atoms with Gasteiger partial charge in [-0.3, -0.25) is 9.59 Å². The summed E-state index contributed by atoms with van der Waals surface area (Å²) in [6.07, 6.45) is 3.26. The van der Waals surface area contributed by atoms with Gasteiger partial charge in [0, 0.05) is 28.7 Å². The number of pyridine rings is 1. The molecule has 1 aromatic carbocycles. The van der Waals surface area contributed by atoms with Crippen LogP contribution in [0.15, 0.2) is 52.9 Å². The SMILES string of the molecule is Cc1ccccc1-c1cn(-c2csc(C(N)=O)c2)c2c(=O)[nH]cc(C#N)c12. The van der Waals surface area contributed by atoms with Gasteiger partial charge in [0.15, 0.2) is 0 Å². The number of aromatic amines is 1. The van der Waals surface area contributed by atoms with Crippen LogP contribution in [0.1, 0.15) is 20.8 Å². The van der Waals surface area contributed by atoms with Crippen molar-refractivity contribution in [3.63, 3.8) is 0 Å². The minimum Gasteiger partial charge on any atom is -0.365 e. The lowest BCUT2D eigenvalue weighted by molar-refractivity contribution is 0.100. The molecule has 4 aromatic rings. The average Bonchev–Trinajstić information content (AvgIpc) is 3.28. The predicted octanol–water partition coefficient (Wildman–Crippen LogP) is 3.33. The van der Waals surface area contributed by atoms with Crippen molar-refractivity contribution in [3.05, 3.63) is 74.5 Å². The molecule has 6 nitrogen and oxygen atoms in total. The quantitative estimate of drug-likeness (QED) is 0.574. The highest BCUT2D eigenvalue weighted by molar-refractivity contribution is 7.12. The van der Waals surface area contributed by atoms with Crippen LogP contribution in [-0.4, -0.2) is 15.5 Å². The van der Waals surface area contributed by atoms with E-state index >= 15 is 0 Å². The van der Waals surface area contributed by atoms with E-state index in [1.54, 1.807) is 16.0 Å². The summed E-state index contributed by atoms with van der Waals surface area (Å²) in [6.45, 7) is 1.98. The van der Waals surface area contributed by atoms with Crippen molar-refractivity contribution in [2.45, 2.75) is 6.92 Å². The number of fused-ring (bicyclic) bond motifs is 1. The Morgan fingerprint density at radius 2 is 2.07 bits per heavy atom. The number of rotatable bonds is 3. The van der Waals surface area contributed by atoms with Crippen molar-refractivity contribution < 1.29 is 4.79 Å². The van der Waals surface area contributed by atoms with E-state index in [4.69, 9.17) is 5.73 Å². The van der Waals surface area contributed by atoms with Crippen LogP contribution in [0.5, 0.6) is 0 Å². The zero-order valence-electron chi connectivity index (χ0n) is 14.3. The molecule has 132 valence electrons. The third-order valence-corrected chi connectivity index (χ3v) is 5.43. The van der Waals surface area contributed by atoms with Crippen LogP contribution in [0, 0.1) is 18.3 Å². The number of amides is 1. The monoisotopic (exact) mass is 374 g/mol. The minimum atomic E-state index is -0.520. The molecule has 0 unspecified atom stereocenters. The van der Waals surface area contributed by atoms with E-state index in [-0.39, 0.29) is 5.56 Å². The maximum atomic E-state index is 12.6. The van der Waals surface area contributed by atoms with Crippen LogP contribution in [0.3, 0.4) is 0 Å². The minimum absolute atomic E-state index is 0.310. The Morgan fingerprint density at radius 1 is 1.30 bits per heavy atom. The molecule has 3 heterocycles. The van der Waals surface area contributed by atoms with E-state index < -0.39 is 5.91 Å². The number of carbonyl (C=O) groups is 1. The number of H-pyrrole nitrogens is 1. The summed E-state index contributed by atoms with van der Waals surface area (Å²) in [5.41, 5.74) is 9.21. The number of nitrogens with zero attached hydrogens (tertiary/aromatic N) is 2. The molecular formula is C20H14N4O2S. The van der Waals surface area contributed by atoms with Crippen LogP contribution in [0.2, 0.25) is 0 Å². The number of nitrogens with one attached hydrogen (secondary N) is 1. The molecule has 3 aromatic heterocycles. The standard InChI is InChI=1S/C20H14N4O2S/c1-11-4-2-3-5-14(11)15-9-24(13-6-16(19(22)25)27-10-13)18-17(15)12(7-21)8-23-20(18)26/h2-6,8-10H,1H3,(H2,22,25)(H,23,26). The molecule has 0 saturated heterocycles. The number of nitriles is 1. The second kappa shape index (κ2) is 6.27. The van der Waals surface area contributed by atoms with Gasteiger partial charge in [0.2, 0.25) is 0 Å². The molecule has 0 saturated carbocycles. The predicted molar refractivity (Wildman–Crippen MR) is 105 cm³/mol. The zero-order valence-corrected chi connectivity index (χ0v) is 15.1. The lowest BCUT2D eigenvalue weighted by Crippen LogP contribution is -2.10. The number of benzene rings is 1. The van der Waals surface area contributed by atoms with Gasteiger partial charge in [-0.05, 0) is 24.1 Å². The van der Waals surface area contributed by atoms with Gasteiger partial charge in [0.25, 0.3) is 11.5 Å². The van der Waals surface area contributed by atoms with Crippen LogP contribution >= 0.6 is 11.3 Å². The highest BCUT2D eigenvalue weighted by Crippen LogP contribution is 2.35. The fraction of sp³-hybridized carbons (Fsp3) is 0.0500. The Labute approximate surface area is 158 Å². The maximum Gasteiger partial charge on any atom is 0.272 e. The number of aromatic nitrogens is 2.